The molecule has 2 heterocycles. The molecule has 0 spiro atoms. The molecule has 34 heavy (non-hydrogen) atoms. The van der Waals surface area contributed by atoms with E-state index in [2.05, 4.69) is 9.97 Å². The lowest BCUT2D eigenvalue weighted by molar-refractivity contribution is -0.113. The smallest absolute Gasteiger partial charge is 0.270 e. The van der Waals surface area contributed by atoms with Gasteiger partial charge in [-0.15, -0.1) is 0 Å². The van der Waals surface area contributed by atoms with Crippen LogP contribution in [0.25, 0.3) is 16.8 Å². The Morgan fingerprint density at radius 2 is 1.91 bits per heavy atom. The highest BCUT2D eigenvalue weighted by Gasteiger charge is 2.34. The molecule has 5 nitrogen and oxygen atoms in total. The fourth-order valence-corrected chi connectivity index (χ4v) is 5.05. The number of benzene rings is 3. The lowest BCUT2D eigenvalue weighted by atomic mass is 10.0. The van der Waals surface area contributed by atoms with Crippen molar-refractivity contribution in [2.24, 2.45) is 0 Å². The van der Waals surface area contributed by atoms with Gasteiger partial charge < -0.3 is 4.74 Å². The van der Waals surface area contributed by atoms with E-state index in [1.54, 1.807) is 36.4 Å². The van der Waals surface area contributed by atoms with Gasteiger partial charge in [0.15, 0.2) is 4.32 Å². The molecule has 0 atom stereocenters. The molecular weight excluding hydrogens is 516 g/mol. The van der Waals surface area contributed by atoms with Crippen LogP contribution in [0.2, 0.25) is 10.3 Å². The van der Waals surface area contributed by atoms with Gasteiger partial charge in [-0.05, 0) is 52.7 Å². The minimum absolute atomic E-state index is 0.152. The summed E-state index contributed by atoms with van der Waals surface area (Å²) in [6.45, 7) is 0. The standard InChI is InChI=1S/C24H12Cl2FN3O2S2/c25-14-5-3-6-15(10-14)30-22(31)20(34-24(30)33)11-17-16-7-2-1-4-13(16)8-9-19(17)32-21-18(27)12-28-23(26)29-21/h1-12H/b20-11-. The van der Waals surface area contributed by atoms with E-state index in [0.717, 1.165) is 28.7 Å². The first-order valence-corrected chi connectivity index (χ1v) is 11.8. The first-order valence-electron chi connectivity index (χ1n) is 9.82. The van der Waals surface area contributed by atoms with Crippen LogP contribution in [0.1, 0.15) is 5.56 Å². The van der Waals surface area contributed by atoms with Gasteiger partial charge in [0.05, 0.1) is 16.8 Å². The van der Waals surface area contributed by atoms with Crippen molar-refractivity contribution in [2.45, 2.75) is 0 Å². The summed E-state index contributed by atoms with van der Waals surface area (Å²) in [5.74, 6) is -1.10. The van der Waals surface area contributed by atoms with Gasteiger partial charge >= 0.3 is 0 Å². The van der Waals surface area contributed by atoms with Gasteiger partial charge in [-0.3, -0.25) is 9.69 Å². The predicted octanol–water partition coefficient (Wildman–Crippen LogP) is 7.27. The zero-order valence-corrected chi connectivity index (χ0v) is 20.2. The summed E-state index contributed by atoms with van der Waals surface area (Å²) in [7, 11) is 0. The molecule has 10 heteroatoms. The van der Waals surface area contributed by atoms with Crippen LogP contribution in [0.3, 0.4) is 0 Å². The topological polar surface area (TPSA) is 55.3 Å². The lowest BCUT2D eigenvalue weighted by Crippen LogP contribution is -2.27. The maximum atomic E-state index is 14.3. The third-order valence-electron chi connectivity index (χ3n) is 4.96. The second kappa shape index (κ2) is 9.31. The molecule has 0 unspecified atom stereocenters. The molecule has 0 radical (unpaired) electrons. The first kappa shape index (κ1) is 22.7. The third kappa shape index (κ3) is 4.37. The van der Waals surface area contributed by atoms with Crippen molar-refractivity contribution in [3.8, 4) is 11.6 Å². The highest BCUT2D eigenvalue weighted by Crippen LogP contribution is 2.40. The van der Waals surface area contributed by atoms with Gasteiger partial charge in [0.1, 0.15) is 5.75 Å². The Balaban J connectivity index is 1.61. The Hall–Kier alpha value is -3.04. The van der Waals surface area contributed by atoms with E-state index >= 15 is 0 Å². The number of hydrogen-bond acceptors (Lipinski definition) is 6. The second-order valence-electron chi connectivity index (χ2n) is 7.09. The van der Waals surface area contributed by atoms with E-state index in [-0.39, 0.29) is 17.1 Å². The Morgan fingerprint density at radius 3 is 2.74 bits per heavy atom. The molecule has 0 bridgehead atoms. The quantitative estimate of drug-likeness (QED) is 0.158. The van der Waals surface area contributed by atoms with E-state index < -0.39 is 5.82 Å². The largest absolute Gasteiger partial charge is 0.436 e. The zero-order valence-electron chi connectivity index (χ0n) is 17.0. The zero-order chi connectivity index (χ0) is 23.8. The molecule has 0 saturated carbocycles. The summed E-state index contributed by atoms with van der Waals surface area (Å²) >= 11 is 18.5. The van der Waals surface area contributed by atoms with Crippen molar-refractivity contribution in [3.05, 3.63) is 93.5 Å². The summed E-state index contributed by atoms with van der Waals surface area (Å²) in [6, 6.07) is 18.0. The van der Waals surface area contributed by atoms with Crippen molar-refractivity contribution < 1.29 is 13.9 Å². The number of aromatic nitrogens is 2. The molecule has 3 aromatic carbocycles. The molecule has 1 aromatic heterocycles. The lowest BCUT2D eigenvalue weighted by Gasteiger charge is -2.14. The van der Waals surface area contributed by atoms with Gasteiger partial charge in [0, 0.05) is 10.6 Å². The Kier molecular flexibility index (Phi) is 6.22. The molecule has 168 valence electrons. The number of amides is 1. The van der Waals surface area contributed by atoms with Crippen molar-refractivity contribution in [2.75, 3.05) is 4.90 Å². The van der Waals surface area contributed by atoms with Gasteiger partial charge in [0.25, 0.3) is 11.8 Å². The molecule has 1 saturated heterocycles. The molecule has 0 aliphatic carbocycles. The number of carbonyl (C=O) groups excluding carboxylic acids is 1. The fraction of sp³-hybridized carbons (Fsp3) is 0. The summed E-state index contributed by atoms with van der Waals surface area (Å²) in [6.07, 6.45) is 2.61. The van der Waals surface area contributed by atoms with Crippen LogP contribution in [-0.4, -0.2) is 20.2 Å². The number of thioether (sulfide) groups is 1. The van der Waals surface area contributed by atoms with Crippen molar-refractivity contribution in [1.82, 2.24) is 9.97 Å². The van der Waals surface area contributed by atoms with Crippen LogP contribution in [0.5, 0.6) is 11.6 Å². The second-order valence-corrected chi connectivity index (χ2v) is 9.54. The number of carbonyl (C=O) groups is 1. The Bertz CT molecular complexity index is 1510. The Morgan fingerprint density at radius 1 is 1.09 bits per heavy atom. The highest BCUT2D eigenvalue weighted by molar-refractivity contribution is 8.27. The first-order chi connectivity index (χ1) is 16.4. The number of nitrogens with zero attached hydrogens (tertiary/aromatic N) is 3. The van der Waals surface area contributed by atoms with Crippen LogP contribution in [0.4, 0.5) is 10.1 Å². The van der Waals surface area contributed by atoms with Crippen molar-refractivity contribution >= 4 is 79.9 Å². The molecule has 4 aromatic rings. The summed E-state index contributed by atoms with van der Waals surface area (Å²) < 4.78 is 20.4. The highest BCUT2D eigenvalue weighted by atomic mass is 35.5. The van der Waals surface area contributed by atoms with E-state index in [4.69, 9.17) is 40.2 Å². The monoisotopic (exact) mass is 527 g/mol. The average molecular weight is 528 g/mol. The van der Waals surface area contributed by atoms with Crippen LogP contribution >= 0.6 is 47.2 Å². The molecule has 1 aliphatic rings. The maximum absolute atomic E-state index is 14.3. The van der Waals surface area contributed by atoms with Gasteiger partial charge in [-0.1, -0.05) is 72.0 Å². The third-order valence-corrected chi connectivity index (χ3v) is 6.67. The number of hydrogen-bond donors (Lipinski definition) is 0. The maximum Gasteiger partial charge on any atom is 0.270 e. The van der Waals surface area contributed by atoms with Gasteiger partial charge in [-0.25, -0.2) is 4.98 Å². The number of anilines is 1. The summed E-state index contributed by atoms with van der Waals surface area (Å²) in [4.78, 5) is 22.5. The molecule has 0 N–H and O–H groups in total. The van der Waals surface area contributed by atoms with Crippen molar-refractivity contribution in [1.29, 1.82) is 0 Å². The minimum atomic E-state index is -0.768. The number of ether oxygens (including phenoxy) is 1. The fourth-order valence-electron chi connectivity index (χ4n) is 3.46. The minimum Gasteiger partial charge on any atom is -0.436 e. The molecular formula is C24H12Cl2FN3O2S2. The summed E-state index contributed by atoms with van der Waals surface area (Å²) in [5, 5.41) is 2.05. The summed E-state index contributed by atoms with van der Waals surface area (Å²) in [5.41, 5.74) is 1.14. The van der Waals surface area contributed by atoms with Crippen LogP contribution in [0.15, 0.2) is 71.8 Å². The number of halogens is 3. The number of fused-ring (bicyclic) bond motifs is 1. The number of thiocarbonyl (C=S) groups is 1. The molecule has 5 rings (SSSR count). The SMILES string of the molecule is O=C1/C(=C/c2c(Oc3nc(Cl)ncc3F)ccc3ccccc23)SC(=S)N1c1cccc(Cl)c1. The average Bonchev–Trinajstić information content (AvgIpc) is 3.10. The van der Waals surface area contributed by atoms with Crippen molar-refractivity contribution in [3.63, 3.8) is 0 Å². The molecule has 1 amide bonds. The normalized spacial score (nSPS) is 14.9. The van der Waals surface area contributed by atoms with Gasteiger partial charge in [0.2, 0.25) is 11.1 Å². The molecule has 1 aliphatic heterocycles. The van der Waals surface area contributed by atoms with E-state index in [1.165, 1.54) is 4.90 Å². The predicted molar refractivity (Wildman–Crippen MR) is 138 cm³/mol. The molecule has 1 fully saturated rings. The number of rotatable bonds is 4. The van der Waals surface area contributed by atoms with E-state index in [0.29, 0.717) is 31.2 Å². The van der Waals surface area contributed by atoms with Gasteiger partial charge in [-0.2, -0.15) is 9.37 Å². The van der Waals surface area contributed by atoms with Crippen LogP contribution in [0, 0.1) is 5.82 Å². The Labute approximate surface area is 213 Å². The van der Waals surface area contributed by atoms with Crippen LogP contribution in [-0.2, 0) is 4.79 Å². The van der Waals surface area contributed by atoms with E-state index in [1.807, 2.05) is 30.3 Å². The van der Waals surface area contributed by atoms with Crippen LogP contribution < -0.4 is 9.64 Å². The van der Waals surface area contributed by atoms with E-state index in [9.17, 15) is 9.18 Å².